The van der Waals surface area contributed by atoms with E-state index in [4.69, 9.17) is 4.74 Å². The Kier molecular flexibility index (Phi) is 8.04. The summed E-state index contributed by atoms with van der Waals surface area (Å²) in [5.74, 6) is -0.284. The number of amides is 1. The highest BCUT2D eigenvalue weighted by Crippen LogP contribution is 2.33. The maximum absolute atomic E-state index is 13.1. The molecular formula is C33H26FN3O2. The van der Waals surface area contributed by atoms with E-state index in [1.807, 2.05) is 60.7 Å². The van der Waals surface area contributed by atoms with Crippen LogP contribution < -0.4 is 15.1 Å². The lowest BCUT2D eigenvalue weighted by Crippen LogP contribution is -2.18. The minimum Gasteiger partial charge on any atom is -0.488 e. The predicted octanol–water partition coefficient (Wildman–Crippen LogP) is 7.64. The number of anilines is 3. The van der Waals surface area contributed by atoms with Gasteiger partial charge >= 0.3 is 0 Å². The smallest absolute Gasteiger partial charge is 0.275 e. The largest absolute Gasteiger partial charge is 0.488 e. The topological polar surface area (TPSA) is 53.9 Å². The fourth-order valence-electron chi connectivity index (χ4n) is 4.06. The number of nitrogens with zero attached hydrogens (tertiary/aromatic N) is 2. The molecule has 192 valence electrons. The van der Waals surface area contributed by atoms with Crippen LogP contribution in [0.1, 0.15) is 21.5 Å². The van der Waals surface area contributed by atoms with Crippen molar-refractivity contribution in [1.82, 2.24) is 5.43 Å². The highest BCUT2D eigenvalue weighted by molar-refractivity contribution is 5.97. The van der Waals surface area contributed by atoms with Crippen LogP contribution in [0.3, 0.4) is 0 Å². The quantitative estimate of drug-likeness (QED) is 0.162. The molecule has 0 aliphatic carbocycles. The second kappa shape index (κ2) is 12.3. The van der Waals surface area contributed by atoms with Crippen molar-refractivity contribution in [3.05, 3.63) is 156 Å². The van der Waals surface area contributed by atoms with Gasteiger partial charge in [0.25, 0.3) is 5.91 Å². The second-order valence-electron chi connectivity index (χ2n) is 8.71. The summed E-state index contributed by atoms with van der Waals surface area (Å²) >= 11 is 0. The van der Waals surface area contributed by atoms with Crippen LogP contribution in [-0.4, -0.2) is 12.1 Å². The van der Waals surface area contributed by atoms with Gasteiger partial charge in [-0.2, -0.15) is 5.10 Å². The molecule has 0 spiro atoms. The SMILES string of the molecule is O=C(N/N=C\c1ccc(N(c2ccccc2)c2ccccc2)cc1)c1ccccc1OCc1ccc(F)cc1. The Hall–Kier alpha value is -5.23. The monoisotopic (exact) mass is 515 g/mol. The van der Waals surface area contributed by atoms with Crippen LogP contribution in [0, 0.1) is 5.82 Å². The van der Waals surface area contributed by atoms with Crippen molar-refractivity contribution < 1.29 is 13.9 Å². The van der Waals surface area contributed by atoms with Crippen molar-refractivity contribution in [2.24, 2.45) is 5.10 Å². The number of ether oxygens (including phenoxy) is 1. The molecule has 39 heavy (non-hydrogen) atoms. The molecule has 5 rings (SSSR count). The van der Waals surface area contributed by atoms with Crippen LogP contribution in [-0.2, 0) is 6.61 Å². The van der Waals surface area contributed by atoms with Crippen molar-refractivity contribution >= 4 is 29.2 Å². The first kappa shape index (κ1) is 25.4. The fourth-order valence-corrected chi connectivity index (χ4v) is 4.06. The van der Waals surface area contributed by atoms with E-state index >= 15 is 0 Å². The van der Waals surface area contributed by atoms with Gasteiger partial charge in [0.05, 0.1) is 11.8 Å². The highest BCUT2D eigenvalue weighted by atomic mass is 19.1. The Morgan fingerprint density at radius 2 is 1.28 bits per heavy atom. The number of halogens is 1. The number of para-hydroxylation sites is 3. The zero-order valence-electron chi connectivity index (χ0n) is 21.1. The van der Waals surface area contributed by atoms with E-state index in [0.29, 0.717) is 11.3 Å². The zero-order chi connectivity index (χ0) is 26.9. The Bertz CT molecular complexity index is 1500. The Morgan fingerprint density at radius 1 is 0.718 bits per heavy atom. The minimum atomic E-state index is -0.392. The Labute approximate surface area is 226 Å². The molecule has 0 saturated carbocycles. The van der Waals surface area contributed by atoms with Gasteiger partial charge in [0.15, 0.2) is 0 Å². The van der Waals surface area contributed by atoms with Crippen molar-refractivity contribution in [3.63, 3.8) is 0 Å². The third-order valence-corrected chi connectivity index (χ3v) is 6.00. The molecule has 0 aliphatic heterocycles. The molecule has 0 bridgehead atoms. The van der Waals surface area contributed by atoms with Crippen LogP contribution in [0.15, 0.2) is 139 Å². The number of carbonyl (C=O) groups excluding carboxylic acids is 1. The molecule has 0 aromatic heterocycles. The lowest BCUT2D eigenvalue weighted by molar-refractivity contribution is 0.0950. The lowest BCUT2D eigenvalue weighted by atomic mass is 10.1. The summed E-state index contributed by atoms with van der Waals surface area (Å²) in [6, 6.07) is 41.2. The van der Waals surface area contributed by atoms with Crippen LogP contribution >= 0.6 is 0 Å². The van der Waals surface area contributed by atoms with E-state index in [1.54, 1.807) is 42.6 Å². The number of benzene rings is 5. The summed E-state index contributed by atoms with van der Waals surface area (Å²) < 4.78 is 19.0. The summed E-state index contributed by atoms with van der Waals surface area (Å²) in [6.07, 6.45) is 1.60. The van der Waals surface area contributed by atoms with Gasteiger partial charge in [-0.25, -0.2) is 9.82 Å². The van der Waals surface area contributed by atoms with E-state index in [2.05, 4.69) is 39.7 Å². The fraction of sp³-hybridized carbons (Fsp3) is 0.0303. The molecular weight excluding hydrogens is 489 g/mol. The second-order valence-corrected chi connectivity index (χ2v) is 8.71. The maximum atomic E-state index is 13.1. The van der Waals surface area contributed by atoms with Gasteiger partial charge < -0.3 is 9.64 Å². The molecule has 1 N–H and O–H groups in total. The first-order chi connectivity index (χ1) is 19.2. The maximum Gasteiger partial charge on any atom is 0.275 e. The van der Waals surface area contributed by atoms with Gasteiger partial charge in [0.2, 0.25) is 0 Å². The average molecular weight is 516 g/mol. The van der Waals surface area contributed by atoms with E-state index in [0.717, 1.165) is 28.2 Å². The molecule has 5 nitrogen and oxygen atoms in total. The van der Waals surface area contributed by atoms with Crippen molar-refractivity contribution in [3.8, 4) is 5.75 Å². The first-order valence-corrected chi connectivity index (χ1v) is 12.5. The number of hydrogen-bond donors (Lipinski definition) is 1. The molecule has 0 heterocycles. The van der Waals surface area contributed by atoms with Gasteiger partial charge in [0, 0.05) is 17.1 Å². The van der Waals surface area contributed by atoms with E-state index in [-0.39, 0.29) is 12.4 Å². The normalized spacial score (nSPS) is 10.8. The van der Waals surface area contributed by atoms with Gasteiger partial charge in [-0.3, -0.25) is 4.79 Å². The number of hydrazone groups is 1. The molecule has 0 atom stereocenters. The lowest BCUT2D eigenvalue weighted by Gasteiger charge is -2.25. The van der Waals surface area contributed by atoms with Crippen LogP contribution in [0.2, 0.25) is 0 Å². The molecule has 0 fully saturated rings. The number of nitrogens with one attached hydrogen (secondary N) is 1. The summed E-state index contributed by atoms with van der Waals surface area (Å²) in [5.41, 5.74) is 7.67. The molecule has 0 radical (unpaired) electrons. The number of rotatable bonds is 9. The molecule has 0 aliphatic rings. The molecule has 6 heteroatoms. The predicted molar refractivity (Wildman–Crippen MR) is 153 cm³/mol. The van der Waals surface area contributed by atoms with Crippen LogP contribution in [0.5, 0.6) is 5.75 Å². The zero-order valence-corrected chi connectivity index (χ0v) is 21.1. The molecule has 0 saturated heterocycles. The molecule has 1 amide bonds. The number of hydrogen-bond acceptors (Lipinski definition) is 4. The number of carbonyl (C=O) groups is 1. The summed E-state index contributed by atoms with van der Waals surface area (Å²) in [7, 11) is 0. The van der Waals surface area contributed by atoms with Gasteiger partial charge in [-0.1, -0.05) is 72.8 Å². The van der Waals surface area contributed by atoms with E-state index < -0.39 is 5.91 Å². The Balaban J connectivity index is 1.25. The molecule has 0 unspecified atom stereocenters. The van der Waals surface area contributed by atoms with E-state index in [1.165, 1.54) is 12.1 Å². The van der Waals surface area contributed by atoms with Crippen molar-refractivity contribution in [1.29, 1.82) is 0 Å². The highest BCUT2D eigenvalue weighted by Gasteiger charge is 2.13. The van der Waals surface area contributed by atoms with Gasteiger partial charge in [-0.05, 0) is 71.8 Å². The summed E-state index contributed by atoms with van der Waals surface area (Å²) in [6.45, 7) is 0.211. The van der Waals surface area contributed by atoms with Gasteiger partial charge in [-0.15, -0.1) is 0 Å². The average Bonchev–Trinajstić information content (AvgIpc) is 2.99. The molecule has 5 aromatic rings. The van der Waals surface area contributed by atoms with E-state index in [9.17, 15) is 9.18 Å². The van der Waals surface area contributed by atoms with Crippen molar-refractivity contribution in [2.75, 3.05) is 4.90 Å². The third-order valence-electron chi connectivity index (χ3n) is 6.00. The Morgan fingerprint density at radius 3 is 1.92 bits per heavy atom. The van der Waals surface area contributed by atoms with Crippen LogP contribution in [0.25, 0.3) is 0 Å². The van der Waals surface area contributed by atoms with Crippen LogP contribution in [0.4, 0.5) is 21.5 Å². The molecule has 5 aromatic carbocycles. The van der Waals surface area contributed by atoms with Crippen molar-refractivity contribution in [2.45, 2.75) is 6.61 Å². The standard InChI is InChI=1S/C33H26FN3O2/c34-27-19-15-26(16-20-27)24-39-32-14-8-7-13-31(32)33(38)36-35-23-25-17-21-30(22-18-25)37(28-9-3-1-4-10-28)29-11-5-2-6-12-29/h1-23H,24H2,(H,36,38)/b35-23-. The third kappa shape index (κ3) is 6.56. The van der Waals surface area contributed by atoms with Gasteiger partial charge in [0.1, 0.15) is 18.2 Å². The summed E-state index contributed by atoms with van der Waals surface area (Å²) in [4.78, 5) is 15.0. The summed E-state index contributed by atoms with van der Waals surface area (Å²) in [5, 5.41) is 4.14. The minimum absolute atomic E-state index is 0.211. The first-order valence-electron chi connectivity index (χ1n) is 12.5.